The number of carbonyl (C=O) groups excluding carboxylic acids is 1. The Bertz CT molecular complexity index is 480. The zero-order valence-electron chi connectivity index (χ0n) is 10.9. The van der Waals surface area contributed by atoms with Crippen molar-refractivity contribution in [2.75, 3.05) is 0 Å². The third-order valence-corrected chi connectivity index (χ3v) is 2.69. The first-order valence-electron chi connectivity index (χ1n) is 5.82. The van der Waals surface area contributed by atoms with Gasteiger partial charge in [-0.2, -0.15) is 0 Å². The van der Waals surface area contributed by atoms with Crippen LogP contribution < -0.4 is 11.1 Å². The molecule has 1 atom stereocenters. The molecule has 1 aromatic rings. The van der Waals surface area contributed by atoms with Crippen molar-refractivity contribution in [2.45, 2.75) is 32.9 Å². The lowest BCUT2D eigenvalue weighted by molar-refractivity contribution is -0.139. The number of nitrogens with two attached hydrogens (primary N) is 1. The maximum atomic E-state index is 13.4. The van der Waals surface area contributed by atoms with E-state index < -0.39 is 24.3 Å². The van der Waals surface area contributed by atoms with Crippen LogP contribution in [-0.2, 0) is 16.1 Å². The van der Waals surface area contributed by atoms with Crippen LogP contribution in [0.3, 0.4) is 0 Å². The Hall–Kier alpha value is -1.95. The number of nitrogens with one attached hydrogen (secondary N) is 1. The van der Waals surface area contributed by atoms with Crippen molar-refractivity contribution >= 4 is 11.9 Å². The smallest absolute Gasteiger partial charge is 0.305 e. The minimum atomic E-state index is -1.13. The van der Waals surface area contributed by atoms with Gasteiger partial charge in [-0.05, 0) is 30.5 Å². The Morgan fingerprint density at radius 3 is 2.37 bits per heavy atom. The average molecular weight is 268 g/mol. The van der Waals surface area contributed by atoms with Crippen LogP contribution in [0.25, 0.3) is 0 Å². The second-order valence-electron chi connectivity index (χ2n) is 4.47. The molecule has 5 nitrogen and oxygen atoms in total. The van der Waals surface area contributed by atoms with Gasteiger partial charge in [-0.15, -0.1) is 0 Å². The number of hydrogen-bond acceptors (Lipinski definition) is 3. The van der Waals surface area contributed by atoms with Crippen molar-refractivity contribution in [3.63, 3.8) is 0 Å². The number of carbonyl (C=O) groups is 2. The lowest BCUT2D eigenvalue weighted by Gasteiger charge is -2.11. The van der Waals surface area contributed by atoms with Crippen LogP contribution >= 0.6 is 0 Å². The molecule has 19 heavy (non-hydrogen) atoms. The average Bonchev–Trinajstić information content (AvgIpc) is 2.31. The molecule has 0 saturated carbocycles. The summed E-state index contributed by atoms with van der Waals surface area (Å²) in [7, 11) is 0. The number of halogens is 1. The third kappa shape index (κ3) is 4.33. The number of benzene rings is 1. The van der Waals surface area contributed by atoms with E-state index in [2.05, 4.69) is 5.32 Å². The predicted octanol–water partition coefficient (Wildman–Crippen LogP) is 0.861. The second-order valence-corrected chi connectivity index (χ2v) is 4.47. The zero-order chi connectivity index (χ0) is 14.6. The van der Waals surface area contributed by atoms with Gasteiger partial charge < -0.3 is 16.2 Å². The van der Waals surface area contributed by atoms with E-state index in [0.29, 0.717) is 11.1 Å². The minimum Gasteiger partial charge on any atom is -0.481 e. The van der Waals surface area contributed by atoms with E-state index in [-0.39, 0.29) is 12.4 Å². The summed E-state index contributed by atoms with van der Waals surface area (Å²) < 4.78 is 13.4. The van der Waals surface area contributed by atoms with E-state index in [1.807, 2.05) is 0 Å². The van der Waals surface area contributed by atoms with Gasteiger partial charge in [0.05, 0.1) is 12.5 Å². The molecular formula is C13H17FN2O3. The first-order chi connectivity index (χ1) is 8.81. The molecule has 1 aromatic carbocycles. The number of aryl methyl sites for hydroxylation is 2. The van der Waals surface area contributed by atoms with E-state index in [4.69, 9.17) is 10.8 Å². The van der Waals surface area contributed by atoms with Crippen molar-refractivity contribution in [3.8, 4) is 0 Å². The van der Waals surface area contributed by atoms with E-state index in [0.717, 1.165) is 5.56 Å². The molecule has 0 heterocycles. The number of amides is 1. The summed E-state index contributed by atoms with van der Waals surface area (Å²) in [5.41, 5.74) is 7.15. The first kappa shape index (κ1) is 15.1. The summed E-state index contributed by atoms with van der Waals surface area (Å²) in [6.45, 7) is 3.47. The fourth-order valence-corrected chi connectivity index (χ4v) is 1.74. The Balaban J connectivity index is 2.62. The summed E-state index contributed by atoms with van der Waals surface area (Å²) in [5, 5.41) is 11.0. The van der Waals surface area contributed by atoms with Gasteiger partial charge in [0.15, 0.2) is 0 Å². The maximum absolute atomic E-state index is 13.4. The molecule has 0 aliphatic carbocycles. The van der Waals surface area contributed by atoms with Gasteiger partial charge in [0, 0.05) is 6.54 Å². The lowest BCUT2D eigenvalue weighted by atomic mass is 10.1. The maximum Gasteiger partial charge on any atom is 0.305 e. The molecule has 0 fully saturated rings. The molecule has 0 aromatic heterocycles. The first-order valence-corrected chi connectivity index (χ1v) is 5.82. The predicted molar refractivity (Wildman–Crippen MR) is 67.9 cm³/mol. The molecular weight excluding hydrogens is 251 g/mol. The fraction of sp³-hybridized carbons (Fsp3) is 0.385. The molecule has 0 aliphatic heterocycles. The van der Waals surface area contributed by atoms with Gasteiger partial charge in [-0.3, -0.25) is 9.59 Å². The normalized spacial score (nSPS) is 12.0. The number of rotatable bonds is 5. The summed E-state index contributed by atoms with van der Waals surface area (Å²) in [5.74, 6) is -1.93. The molecule has 6 heteroatoms. The summed E-state index contributed by atoms with van der Waals surface area (Å²) >= 11 is 0. The van der Waals surface area contributed by atoms with E-state index >= 15 is 0 Å². The van der Waals surface area contributed by atoms with Crippen LogP contribution in [0.5, 0.6) is 0 Å². The Morgan fingerprint density at radius 1 is 1.37 bits per heavy atom. The highest BCUT2D eigenvalue weighted by Gasteiger charge is 2.16. The minimum absolute atomic E-state index is 0.189. The summed E-state index contributed by atoms with van der Waals surface area (Å²) in [6.07, 6.45) is -0.423. The lowest BCUT2D eigenvalue weighted by Crippen LogP contribution is -2.41. The summed E-state index contributed by atoms with van der Waals surface area (Å²) in [6, 6.07) is 2.18. The van der Waals surface area contributed by atoms with Crippen LogP contribution in [0.4, 0.5) is 4.39 Å². The molecule has 0 radical (unpaired) electrons. The zero-order valence-corrected chi connectivity index (χ0v) is 10.9. The van der Waals surface area contributed by atoms with Crippen molar-refractivity contribution in [2.24, 2.45) is 5.73 Å². The monoisotopic (exact) mass is 268 g/mol. The molecule has 0 spiro atoms. The Morgan fingerprint density at radius 2 is 1.89 bits per heavy atom. The van der Waals surface area contributed by atoms with E-state index in [1.54, 1.807) is 26.0 Å². The van der Waals surface area contributed by atoms with Crippen molar-refractivity contribution < 1.29 is 19.1 Å². The van der Waals surface area contributed by atoms with Gasteiger partial charge in [-0.25, -0.2) is 4.39 Å². The van der Waals surface area contributed by atoms with Crippen molar-refractivity contribution in [1.29, 1.82) is 0 Å². The topological polar surface area (TPSA) is 92.4 Å². The standard InChI is InChI=1S/C13H17FN2O3/c1-7-3-9(4-8(2)12(7)14)6-16-13(19)10(15)5-11(17)18/h3-4,10H,5-6,15H2,1-2H3,(H,16,19)(H,17,18). The Kier molecular flexibility index (Phi) is 5.00. The molecule has 0 saturated heterocycles. The summed E-state index contributed by atoms with van der Waals surface area (Å²) in [4.78, 5) is 21.9. The van der Waals surface area contributed by atoms with Gasteiger partial charge in [0.2, 0.25) is 5.91 Å². The fourth-order valence-electron chi connectivity index (χ4n) is 1.74. The molecule has 1 unspecified atom stereocenters. The third-order valence-electron chi connectivity index (χ3n) is 2.69. The van der Waals surface area contributed by atoms with Gasteiger partial charge in [-0.1, -0.05) is 12.1 Å². The molecule has 1 rings (SSSR count). The largest absolute Gasteiger partial charge is 0.481 e. The van der Waals surface area contributed by atoms with E-state index in [9.17, 15) is 14.0 Å². The number of hydrogen-bond donors (Lipinski definition) is 3. The van der Waals surface area contributed by atoms with Gasteiger partial charge in [0.25, 0.3) is 0 Å². The number of carboxylic acid groups (broad SMARTS) is 1. The number of carboxylic acids is 1. The van der Waals surface area contributed by atoms with Crippen LogP contribution in [0, 0.1) is 19.7 Å². The van der Waals surface area contributed by atoms with Crippen LogP contribution in [-0.4, -0.2) is 23.0 Å². The number of aliphatic carboxylic acids is 1. The van der Waals surface area contributed by atoms with Crippen LogP contribution in [0.2, 0.25) is 0 Å². The molecule has 4 N–H and O–H groups in total. The van der Waals surface area contributed by atoms with Crippen LogP contribution in [0.1, 0.15) is 23.1 Å². The molecule has 0 aliphatic rings. The quantitative estimate of drug-likeness (QED) is 0.738. The second kappa shape index (κ2) is 6.29. The van der Waals surface area contributed by atoms with Crippen molar-refractivity contribution in [3.05, 3.63) is 34.6 Å². The SMILES string of the molecule is Cc1cc(CNC(=O)C(N)CC(=O)O)cc(C)c1F. The molecule has 1 amide bonds. The highest BCUT2D eigenvalue weighted by Crippen LogP contribution is 2.14. The van der Waals surface area contributed by atoms with Gasteiger partial charge in [0.1, 0.15) is 5.82 Å². The molecule has 0 bridgehead atoms. The van der Waals surface area contributed by atoms with Gasteiger partial charge >= 0.3 is 5.97 Å². The van der Waals surface area contributed by atoms with Crippen molar-refractivity contribution in [1.82, 2.24) is 5.32 Å². The highest BCUT2D eigenvalue weighted by molar-refractivity contribution is 5.85. The molecule has 104 valence electrons. The highest BCUT2D eigenvalue weighted by atomic mass is 19.1. The Labute approximate surface area is 110 Å². The van der Waals surface area contributed by atoms with Crippen LogP contribution in [0.15, 0.2) is 12.1 Å². The van der Waals surface area contributed by atoms with E-state index in [1.165, 1.54) is 0 Å².